The molecule has 0 bridgehead atoms. The van der Waals surface area contributed by atoms with Crippen LogP contribution in [-0.2, 0) is 4.79 Å². The van der Waals surface area contributed by atoms with Gasteiger partial charge in [-0.2, -0.15) is 0 Å². The number of nitrogens with one attached hydrogen (secondary N) is 1. The maximum Gasteiger partial charge on any atom is 0.253 e. The summed E-state index contributed by atoms with van der Waals surface area (Å²) in [6, 6.07) is 7.12. The molecule has 7 nitrogen and oxygen atoms in total. The molecule has 2 heterocycles. The number of carbonyl (C=O) groups is 2. The Morgan fingerprint density at radius 3 is 2.78 bits per heavy atom. The minimum atomic E-state index is -0.125. The molecule has 27 heavy (non-hydrogen) atoms. The van der Waals surface area contributed by atoms with Crippen LogP contribution in [0.5, 0.6) is 5.75 Å². The molecular weight excluding hydrogens is 344 g/mol. The Bertz CT molecular complexity index is 866. The number of hydrogen-bond acceptors (Lipinski definition) is 5. The van der Waals surface area contributed by atoms with Crippen molar-refractivity contribution < 1.29 is 14.3 Å². The third-order valence-corrected chi connectivity index (χ3v) is 4.55. The van der Waals surface area contributed by atoms with Gasteiger partial charge < -0.3 is 19.9 Å². The van der Waals surface area contributed by atoms with Crippen molar-refractivity contribution in [3.05, 3.63) is 47.8 Å². The molecule has 0 spiro atoms. The fourth-order valence-corrected chi connectivity index (χ4v) is 3.05. The molecule has 0 unspecified atom stereocenters. The Morgan fingerprint density at radius 2 is 2.07 bits per heavy atom. The minimum absolute atomic E-state index is 0.0713. The summed E-state index contributed by atoms with van der Waals surface area (Å²) in [6.45, 7) is 2.33. The van der Waals surface area contributed by atoms with Gasteiger partial charge in [0.2, 0.25) is 5.91 Å². The second kappa shape index (κ2) is 7.65. The molecule has 2 aromatic rings. The van der Waals surface area contributed by atoms with E-state index >= 15 is 0 Å². The van der Waals surface area contributed by atoms with Gasteiger partial charge in [0, 0.05) is 32.9 Å². The fourth-order valence-electron chi connectivity index (χ4n) is 3.05. The van der Waals surface area contributed by atoms with Crippen molar-refractivity contribution in [2.45, 2.75) is 19.4 Å². The van der Waals surface area contributed by atoms with Crippen LogP contribution in [0.2, 0.25) is 0 Å². The Hall–Kier alpha value is -3.09. The third kappa shape index (κ3) is 4.19. The van der Waals surface area contributed by atoms with Crippen LogP contribution in [0.1, 0.15) is 22.3 Å². The second-order valence-corrected chi connectivity index (χ2v) is 6.96. The van der Waals surface area contributed by atoms with Crippen LogP contribution in [-0.4, -0.2) is 55.5 Å². The van der Waals surface area contributed by atoms with E-state index in [1.165, 1.54) is 4.90 Å². The number of anilines is 2. The Labute approximate surface area is 158 Å². The zero-order valence-corrected chi connectivity index (χ0v) is 16.0. The summed E-state index contributed by atoms with van der Waals surface area (Å²) in [6.07, 6.45) is 3.64. The van der Waals surface area contributed by atoms with Crippen LogP contribution in [0.3, 0.4) is 0 Å². The van der Waals surface area contributed by atoms with Crippen molar-refractivity contribution in [3.63, 3.8) is 0 Å². The molecule has 142 valence electrons. The lowest BCUT2D eigenvalue weighted by molar-refractivity contribution is -0.116. The molecule has 1 aliphatic rings. The van der Waals surface area contributed by atoms with Gasteiger partial charge in [0.1, 0.15) is 12.4 Å². The van der Waals surface area contributed by atoms with E-state index in [1.54, 1.807) is 38.6 Å². The van der Waals surface area contributed by atoms with E-state index in [0.717, 1.165) is 11.3 Å². The first-order chi connectivity index (χ1) is 12.8. The van der Waals surface area contributed by atoms with Gasteiger partial charge in [0.15, 0.2) is 0 Å². The molecular formula is C20H24N4O3. The maximum atomic E-state index is 12.4. The number of pyridine rings is 1. The van der Waals surface area contributed by atoms with E-state index in [4.69, 9.17) is 4.74 Å². The molecule has 1 atom stereocenters. The van der Waals surface area contributed by atoms with Gasteiger partial charge in [0.25, 0.3) is 5.91 Å². The van der Waals surface area contributed by atoms with Crippen molar-refractivity contribution in [2.24, 2.45) is 0 Å². The largest absolute Gasteiger partial charge is 0.489 e. The molecule has 0 saturated carbocycles. The van der Waals surface area contributed by atoms with Gasteiger partial charge in [0.05, 0.1) is 30.0 Å². The number of aromatic nitrogens is 1. The molecule has 1 N–H and O–H groups in total. The molecule has 1 aliphatic heterocycles. The molecule has 3 rings (SSSR count). The molecule has 2 amide bonds. The van der Waals surface area contributed by atoms with Crippen molar-refractivity contribution in [1.29, 1.82) is 0 Å². The first kappa shape index (κ1) is 18.7. The van der Waals surface area contributed by atoms with Crippen LogP contribution in [0.4, 0.5) is 11.4 Å². The summed E-state index contributed by atoms with van der Waals surface area (Å²) in [7, 11) is 5.35. The first-order valence-electron chi connectivity index (χ1n) is 8.78. The van der Waals surface area contributed by atoms with Crippen LogP contribution in [0.25, 0.3) is 0 Å². The fraction of sp³-hybridized carbons (Fsp3) is 0.350. The predicted octanol–water partition coefficient (Wildman–Crippen LogP) is 2.32. The number of fused-ring (bicyclic) bond motifs is 1. The van der Waals surface area contributed by atoms with Gasteiger partial charge in [-0.1, -0.05) is 0 Å². The lowest BCUT2D eigenvalue weighted by atomic mass is 10.1. The highest BCUT2D eigenvalue weighted by Crippen LogP contribution is 2.34. The maximum absolute atomic E-state index is 12.4. The quantitative estimate of drug-likeness (QED) is 0.896. The summed E-state index contributed by atoms with van der Waals surface area (Å²) >= 11 is 0. The zero-order valence-electron chi connectivity index (χ0n) is 16.0. The lowest BCUT2D eigenvalue weighted by Gasteiger charge is -2.35. The lowest BCUT2D eigenvalue weighted by Crippen LogP contribution is -2.42. The molecule has 1 aromatic carbocycles. The number of aryl methyl sites for hydroxylation is 1. The molecule has 7 heteroatoms. The number of likely N-dealkylation sites (N-methyl/N-ethyl adjacent to an activating group) is 1. The summed E-state index contributed by atoms with van der Waals surface area (Å²) < 4.78 is 5.81. The Kier molecular flexibility index (Phi) is 5.30. The minimum Gasteiger partial charge on any atom is -0.489 e. The van der Waals surface area contributed by atoms with E-state index < -0.39 is 0 Å². The highest BCUT2D eigenvalue weighted by atomic mass is 16.5. The number of amides is 2. The predicted molar refractivity (Wildman–Crippen MR) is 104 cm³/mol. The monoisotopic (exact) mass is 368 g/mol. The average Bonchev–Trinajstić information content (AvgIpc) is 2.63. The molecule has 1 aromatic heterocycles. The molecule has 0 fully saturated rings. The van der Waals surface area contributed by atoms with Crippen molar-refractivity contribution in [2.75, 3.05) is 38.0 Å². The highest BCUT2D eigenvalue weighted by Gasteiger charge is 2.28. The van der Waals surface area contributed by atoms with E-state index in [-0.39, 0.29) is 24.3 Å². The summed E-state index contributed by atoms with van der Waals surface area (Å²) in [5.41, 5.74) is 3.06. The first-order valence-corrected chi connectivity index (χ1v) is 8.78. The normalized spacial score (nSPS) is 15.6. The van der Waals surface area contributed by atoms with Crippen LogP contribution in [0, 0.1) is 6.92 Å². The van der Waals surface area contributed by atoms with E-state index in [1.807, 2.05) is 31.0 Å². The number of benzene rings is 1. The Balaban J connectivity index is 1.72. The summed E-state index contributed by atoms with van der Waals surface area (Å²) in [5, 5.41) is 2.87. The standard InChI is InChI=1S/C20H24N4O3/c1-13-7-15(11-21-10-13)22-19(25)9-16-12-27-18-6-5-14(20(26)23(2)3)8-17(18)24(16)4/h5-8,10-11,16H,9,12H2,1-4H3,(H,22,25)/t16-/m0/s1. The third-order valence-electron chi connectivity index (χ3n) is 4.55. The van der Waals surface area contributed by atoms with Gasteiger partial charge >= 0.3 is 0 Å². The average molecular weight is 368 g/mol. The van der Waals surface area contributed by atoms with Crippen molar-refractivity contribution >= 4 is 23.2 Å². The number of ether oxygens (including phenoxy) is 1. The topological polar surface area (TPSA) is 74.8 Å². The zero-order chi connectivity index (χ0) is 19.6. The van der Waals surface area contributed by atoms with E-state index in [2.05, 4.69) is 10.3 Å². The number of carbonyl (C=O) groups excluding carboxylic acids is 2. The number of nitrogens with zero attached hydrogens (tertiary/aromatic N) is 3. The van der Waals surface area contributed by atoms with Crippen LogP contribution in [0.15, 0.2) is 36.7 Å². The van der Waals surface area contributed by atoms with Gasteiger partial charge in [-0.3, -0.25) is 14.6 Å². The number of hydrogen-bond donors (Lipinski definition) is 1. The van der Waals surface area contributed by atoms with Crippen LogP contribution >= 0.6 is 0 Å². The van der Waals surface area contributed by atoms with Crippen molar-refractivity contribution in [1.82, 2.24) is 9.88 Å². The highest BCUT2D eigenvalue weighted by molar-refractivity contribution is 5.95. The van der Waals surface area contributed by atoms with Gasteiger partial charge in [-0.15, -0.1) is 0 Å². The van der Waals surface area contributed by atoms with Gasteiger partial charge in [-0.25, -0.2) is 0 Å². The summed E-state index contributed by atoms with van der Waals surface area (Å²) in [4.78, 5) is 32.3. The molecule has 0 aliphatic carbocycles. The van der Waals surface area contributed by atoms with E-state index in [9.17, 15) is 9.59 Å². The molecule has 0 saturated heterocycles. The Morgan fingerprint density at radius 1 is 1.30 bits per heavy atom. The van der Waals surface area contributed by atoms with E-state index in [0.29, 0.717) is 23.6 Å². The van der Waals surface area contributed by atoms with Crippen LogP contribution < -0.4 is 15.0 Å². The SMILES string of the molecule is Cc1cncc(NC(=O)C[C@H]2COc3ccc(C(=O)N(C)C)cc3N2C)c1. The van der Waals surface area contributed by atoms with Gasteiger partial charge in [-0.05, 0) is 36.8 Å². The molecule has 0 radical (unpaired) electrons. The summed E-state index contributed by atoms with van der Waals surface area (Å²) in [5.74, 6) is 0.539. The smallest absolute Gasteiger partial charge is 0.253 e. The number of rotatable bonds is 4. The van der Waals surface area contributed by atoms with Crippen molar-refractivity contribution in [3.8, 4) is 5.75 Å². The second-order valence-electron chi connectivity index (χ2n) is 6.96.